The molecule has 142 valence electrons. The zero-order valence-corrected chi connectivity index (χ0v) is 15.4. The summed E-state index contributed by atoms with van der Waals surface area (Å²) < 4.78 is 40.0. The van der Waals surface area contributed by atoms with Gasteiger partial charge in [-0.05, 0) is 5.56 Å². The molecule has 2 unspecified atom stereocenters. The molecule has 1 aromatic rings. The molecular weight excluding hydrogens is 344 g/mol. The van der Waals surface area contributed by atoms with E-state index in [0.29, 0.717) is 71.0 Å². The van der Waals surface area contributed by atoms with Gasteiger partial charge in [0.15, 0.2) is 0 Å². The van der Waals surface area contributed by atoms with Gasteiger partial charge in [-0.2, -0.15) is 0 Å². The molecule has 1 heterocycles. The highest BCUT2D eigenvalue weighted by Gasteiger charge is 2.15. The van der Waals surface area contributed by atoms with E-state index < -0.39 is 10.8 Å². The lowest BCUT2D eigenvalue weighted by atomic mass is 10.2. The zero-order valence-electron chi connectivity index (χ0n) is 14.6. The molecule has 1 saturated heterocycles. The van der Waals surface area contributed by atoms with E-state index in [1.807, 2.05) is 30.3 Å². The van der Waals surface area contributed by atoms with Gasteiger partial charge in [-0.15, -0.1) is 0 Å². The molecule has 1 fully saturated rings. The molecule has 0 N–H and O–H groups in total. The maximum Gasteiger partial charge on any atom is 0.0924 e. The topological polar surface area (TPSA) is 63.2 Å². The molecule has 6 nitrogen and oxygen atoms in total. The summed E-state index contributed by atoms with van der Waals surface area (Å²) in [7, 11) is -1.01. The van der Waals surface area contributed by atoms with Crippen LogP contribution >= 0.6 is 0 Å². The van der Waals surface area contributed by atoms with Gasteiger partial charge in [0, 0.05) is 16.6 Å². The quantitative estimate of drug-likeness (QED) is 0.796. The molecule has 0 aliphatic carbocycles. The first-order chi connectivity index (χ1) is 12.3. The summed E-state index contributed by atoms with van der Waals surface area (Å²) in [4.78, 5) is 0. The molecule has 7 heteroatoms. The fraction of sp³-hybridized carbons (Fsp3) is 0.667. The first-order valence-corrected chi connectivity index (χ1v) is 10.1. The van der Waals surface area contributed by atoms with E-state index in [9.17, 15) is 4.21 Å². The van der Waals surface area contributed by atoms with Crippen LogP contribution in [0.1, 0.15) is 5.56 Å². The van der Waals surface area contributed by atoms with E-state index in [1.165, 1.54) is 0 Å². The predicted molar refractivity (Wildman–Crippen MR) is 96.2 cm³/mol. The lowest BCUT2D eigenvalue weighted by Gasteiger charge is -2.18. The van der Waals surface area contributed by atoms with Crippen molar-refractivity contribution < 1.29 is 27.9 Å². The number of hydrogen-bond acceptors (Lipinski definition) is 6. The van der Waals surface area contributed by atoms with E-state index in [-0.39, 0.29) is 6.10 Å². The van der Waals surface area contributed by atoms with Crippen molar-refractivity contribution in [2.24, 2.45) is 0 Å². The molecular formula is C18H28O6S. The highest BCUT2D eigenvalue weighted by Crippen LogP contribution is 2.06. The van der Waals surface area contributed by atoms with E-state index >= 15 is 0 Å². The molecule has 0 amide bonds. The molecule has 1 aliphatic rings. The molecule has 0 aromatic heterocycles. The summed E-state index contributed by atoms with van der Waals surface area (Å²) in [6.07, 6.45) is -0.213. The largest absolute Gasteiger partial charge is 0.377 e. The molecule has 0 bridgehead atoms. The Labute approximate surface area is 152 Å². The molecule has 1 aromatic carbocycles. The smallest absolute Gasteiger partial charge is 0.0924 e. The summed E-state index contributed by atoms with van der Waals surface area (Å²) in [5.41, 5.74) is 1.07. The SMILES string of the molecule is O=S(Cc1ccccc1)CC1COCCOCCOCCOCCO1. The van der Waals surface area contributed by atoms with Gasteiger partial charge in [0.2, 0.25) is 0 Å². The van der Waals surface area contributed by atoms with Crippen LogP contribution in [0.3, 0.4) is 0 Å². The Morgan fingerprint density at radius 1 is 0.800 bits per heavy atom. The fourth-order valence-corrected chi connectivity index (χ4v) is 3.61. The van der Waals surface area contributed by atoms with Gasteiger partial charge in [0.25, 0.3) is 0 Å². The third-order valence-corrected chi connectivity index (χ3v) is 4.94. The molecule has 2 atom stereocenters. The van der Waals surface area contributed by atoms with E-state index in [2.05, 4.69) is 0 Å². The molecule has 25 heavy (non-hydrogen) atoms. The second-order valence-corrected chi connectivity index (χ2v) is 7.14. The van der Waals surface area contributed by atoms with E-state index in [1.54, 1.807) is 0 Å². The Hall–Kier alpha value is -0.830. The van der Waals surface area contributed by atoms with Crippen LogP contribution in [-0.4, -0.2) is 75.5 Å². The minimum Gasteiger partial charge on any atom is -0.377 e. The number of benzene rings is 1. The Morgan fingerprint density at radius 3 is 2.00 bits per heavy atom. The third kappa shape index (κ3) is 10.0. The number of ether oxygens (including phenoxy) is 5. The standard InChI is InChI=1S/C18H28O6S/c19-25(15-17-4-2-1-3-5-17)16-18-14-23-11-10-21-7-6-20-8-9-22-12-13-24-18/h1-5,18H,6-16H2. The van der Waals surface area contributed by atoms with Crippen molar-refractivity contribution in [3.8, 4) is 0 Å². The molecule has 0 radical (unpaired) electrons. The average molecular weight is 372 g/mol. The lowest BCUT2D eigenvalue weighted by Crippen LogP contribution is -2.29. The summed E-state index contributed by atoms with van der Waals surface area (Å²) in [5.74, 6) is 0.969. The van der Waals surface area contributed by atoms with E-state index in [0.717, 1.165) is 5.56 Å². The highest BCUT2D eigenvalue weighted by atomic mass is 32.2. The highest BCUT2D eigenvalue weighted by molar-refractivity contribution is 7.84. The van der Waals surface area contributed by atoms with Crippen molar-refractivity contribution in [2.45, 2.75) is 11.9 Å². The Balaban J connectivity index is 1.76. The average Bonchev–Trinajstić information content (AvgIpc) is 2.62. The van der Waals surface area contributed by atoms with Gasteiger partial charge in [-0.1, -0.05) is 30.3 Å². The van der Waals surface area contributed by atoms with Crippen molar-refractivity contribution in [3.63, 3.8) is 0 Å². The van der Waals surface area contributed by atoms with Crippen LogP contribution in [0.2, 0.25) is 0 Å². The fourth-order valence-electron chi connectivity index (χ4n) is 2.32. The van der Waals surface area contributed by atoms with Crippen molar-refractivity contribution >= 4 is 10.8 Å². The predicted octanol–water partition coefficient (Wildman–Crippen LogP) is 1.40. The van der Waals surface area contributed by atoms with Crippen LogP contribution in [0, 0.1) is 0 Å². The second-order valence-electron chi connectivity index (χ2n) is 5.64. The Morgan fingerprint density at radius 2 is 1.36 bits per heavy atom. The molecule has 0 spiro atoms. The maximum atomic E-state index is 12.4. The molecule has 2 rings (SSSR count). The van der Waals surface area contributed by atoms with Crippen molar-refractivity contribution in [1.29, 1.82) is 0 Å². The third-order valence-electron chi connectivity index (χ3n) is 3.54. The summed E-state index contributed by atoms with van der Waals surface area (Å²) in [5, 5.41) is 0. The zero-order chi connectivity index (χ0) is 17.6. The summed E-state index contributed by atoms with van der Waals surface area (Å²) >= 11 is 0. The summed E-state index contributed by atoms with van der Waals surface area (Å²) in [6, 6.07) is 9.84. The molecule has 0 saturated carbocycles. The van der Waals surface area contributed by atoms with Gasteiger partial charge in [0.05, 0.1) is 71.3 Å². The van der Waals surface area contributed by atoms with Gasteiger partial charge < -0.3 is 23.7 Å². The van der Waals surface area contributed by atoms with Crippen LogP contribution in [0.15, 0.2) is 30.3 Å². The minimum absolute atomic E-state index is 0.213. The van der Waals surface area contributed by atoms with Crippen LogP contribution < -0.4 is 0 Å². The second kappa shape index (κ2) is 13.4. The minimum atomic E-state index is -1.01. The monoisotopic (exact) mass is 372 g/mol. The van der Waals surface area contributed by atoms with Gasteiger partial charge in [-0.25, -0.2) is 0 Å². The first-order valence-electron chi connectivity index (χ1n) is 8.66. The Kier molecular flexibility index (Phi) is 11.0. The van der Waals surface area contributed by atoms with Crippen molar-refractivity contribution in [3.05, 3.63) is 35.9 Å². The van der Waals surface area contributed by atoms with Crippen molar-refractivity contribution in [2.75, 3.05) is 65.2 Å². The van der Waals surface area contributed by atoms with Gasteiger partial charge >= 0.3 is 0 Å². The molecule has 1 aliphatic heterocycles. The summed E-state index contributed by atoms with van der Waals surface area (Å²) in [6.45, 7) is 4.52. The first kappa shape index (κ1) is 20.5. The number of hydrogen-bond donors (Lipinski definition) is 0. The van der Waals surface area contributed by atoms with Gasteiger partial charge in [0.1, 0.15) is 0 Å². The van der Waals surface area contributed by atoms with Gasteiger partial charge in [-0.3, -0.25) is 4.21 Å². The van der Waals surface area contributed by atoms with Crippen LogP contribution in [-0.2, 0) is 40.2 Å². The Bertz CT molecular complexity index is 454. The number of rotatable bonds is 4. The van der Waals surface area contributed by atoms with Crippen LogP contribution in [0.25, 0.3) is 0 Å². The van der Waals surface area contributed by atoms with Crippen LogP contribution in [0.5, 0.6) is 0 Å². The van der Waals surface area contributed by atoms with E-state index in [4.69, 9.17) is 23.7 Å². The lowest BCUT2D eigenvalue weighted by molar-refractivity contribution is -0.0362. The normalized spacial score (nSPS) is 23.3. The maximum absolute atomic E-state index is 12.4. The van der Waals surface area contributed by atoms with Crippen molar-refractivity contribution in [1.82, 2.24) is 0 Å². The van der Waals surface area contributed by atoms with Crippen LogP contribution in [0.4, 0.5) is 0 Å².